The first-order valence-corrected chi connectivity index (χ1v) is 5.78. The molecule has 0 aliphatic heterocycles. The van der Waals surface area contributed by atoms with Gasteiger partial charge >= 0.3 is 0 Å². The number of sulfonamides is 1. The standard InChI is InChI=1S/C9H9FN2O2S/c10-9-4-2-1-3-8(9)7-12-15(13,14)6-5-11/h1-4,12H,6-7H2. The van der Waals surface area contributed by atoms with E-state index in [-0.39, 0.29) is 12.1 Å². The molecule has 0 aromatic heterocycles. The van der Waals surface area contributed by atoms with Gasteiger partial charge in [-0.15, -0.1) is 0 Å². The molecule has 15 heavy (non-hydrogen) atoms. The van der Waals surface area contributed by atoms with Crippen LogP contribution in [-0.2, 0) is 16.6 Å². The second-order valence-electron chi connectivity index (χ2n) is 2.83. The second kappa shape index (κ2) is 4.87. The number of nitrogens with zero attached hydrogens (tertiary/aromatic N) is 1. The third kappa shape index (κ3) is 3.65. The number of nitriles is 1. The Morgan fingerprint density at radius 1 is 1.40 bits per heavy atom. The number of benzene rings is 1. The van der Waals surface area contributed by atoms with E-state index in [1.165, 1.54) is 24.3 Å². The molecule has 6 heteroatoms. The SMILES string of the molecule is N#CCS(=O)(=O)NCc1ccccc1F. The molecule has 0 bridgehead atoms. The number of halogens is 1. The van der Waals surface area contributed by atoms with Gasteiger partial charge in [-0.1, -0.05) is 18.2 Å². The monoisotopic (exact) mass is 228 g/mol. The van der Waals surface area contributed by atoms with Crippen LogP contribution in [-0.4, -0.2) is 14.2 Å². The zero-order valence-electron chi connectivity index (χ0n) is 7.77. The van der Waals surface area contributed by atoms with Gasteiger partial charge in [-0.2, -0.15) is 5.26 Å². The zero-order valence-corrected chi connectivity index (χ0v) is 8.59. The molecule has 0 atom stereocenters. The van der Waals surface area contributed by atoms with Gasteiger partial charge in [0, 0.05) is 12.1 Å². The van der Waals surface area contributed by atoms with Crippen LogP contribution >= 0.6 is 0 Å². The van der Waals surface area contributed by atoms with Gasteiger partial charge in [-0.05, 0) is 6.07 Å². The highest BCUT2D eigenvalue weighted by molar-refractivity contribution is 7.89. The highest BCUT2D eigenvalue weighted by atomic mass is 32.2. The average Bonchev–Trinajstić information content (AvgIpc) is 2.16. The summed E-state index contributed by atoms with van der Waals surface area (Å²) in [4.78, 5) is 0. The molecule has 0 spiro atoms. The largest absolute Gasteiger partial charge is 0.225 e. The Bertz CT molecular complexity index is 479. The molecule has 1 aromatic rings. The minimum absolute atomic E-state index is 0.142. The first kappa shape index (κ1) is 11.6. The first-order valence-electron chi connectivity index (χ1n) is 4.13. The quantitative estimate of drug-likeness (QED) is 0.827. The van der Waals surface area contributed by atoms with Crippen molar-refractivity contribution in [2.24, 2.45) is 0 Å². The Kier molecular flexibility index (Phi) is 3.77. The predicted octanol–water partition coefficient (Wildman–Crippen LogP) is 0.769. The van der Waals surface area contributed by atoms with Crippen molar-refractivity contribution in [1.82, 2.24) is 4.72 Å². The average molecular weight is 228 g/mol. The van der Waals surface area contributed by atoms with E-state index in [4.69, 9.17) is 5.26 Å². The summed E-state index contributed by atoms with van der Waals surface area (Å²) in [5, 5.41) is 8.21. The summed E-state index contributed by atoms with van der Waals surface area (Å²) in [5.41, 5.74) is 0.249. The summed E-state index contributed by atoms with van der Waals surface area (Å²) in [6.45, 7) is -0.142. The Labute approximate surface area is 87.4 Å². The van der Waals surface area contributed by atoms with Crippen molar-refractivity contribution in [3.8, 4) is 6.07 Å². The van der Waals surface area contributed by atoms with Gasteiger partial charge < -0.3 is 0 Å². The van der Waals surface area contributed by atoms with Crippen LogP contribution in [0.3, 0.4) is 0 Å². The van der Waals surface area contributed by atoms with E-state index in [2.05, 4.69) is 4.72 Å². The van der Waals surface area contributed by atoms with Crippen LogP contribution in [0.1, 0.15) is 5.56 Å². The molecular weight excluding hydrogens is 219 g/mol. The molecule has 4 nitrogen and oxygen atoms in total. The van der Waals surface area contributed by atoms with Crippen LogP contribution in [0.5, 0.6) is 0 Å². The Morgan fingerprint density at radius 2 is 2.07 bits per heavy atom. The summed E-state index contributed by atoms with van der Waals surface area (Å²) in [5.74, 6) is -1.10. The fourth-order valence-electron chi connectivity index (χ4n) is 0.965. The van der Waals surface area contributed by atoms with Crippen LogP contribution in [0.15, 0.2) is 24.3 Å². The predicted molar refractivity (Wildman–Crippen MR) is 52.6 cm³/mol. The summed E-state index contributed by atoms with van der Waals surface area (Å²) in [7, 11) is -3.62. The zero-order chi connectivity index (χ0) is 11.3. The molecule has 0 radical (unpaired) electrons. The molecule has 0 saturated carbocycles. The molecule has 0 saturated heterocycles. The lowest BCUT2D eigenvalue weighted by atomic mass is 10.2. The Hall–Kier alpha value is -1.45. The Balaban J connectivity index is 2.67. The van der Waals surface area contributed by atoms with E-state index in [1.54, 1.807) is 6.07 Å². The number of nitrogens with one attached hydrogen (secondary N) is 1. The van der Waals surface area contributed by atoms with Crippen LogP contribution < -0.4 is 4.72 Å². The van der Waals surface area contributed by atoms with Crippen molar-refractivity contribution in [3.05, 3.63) is 35.6 Å². The van der Waals surface area contributed by atoms with Crippen molar-refractivity contribution in [3.63, 3.8) is 0 Å². The van der Waals surface area contributed by atoms with Crippen molar-refractivity contribution >= 4 is 10.0 Å². The molecule has 0 aliphatic carbocycles. The second-order valence-corrected chi connectivity index (χ2v) is 4.64. The minimum atomic E-state index is -3.62. The summed E-state index contributed by atoms with van der Waals surface area (Å²) < 4.78 is 37.3. The molecule has 80 valence electrons. The normalized spacial score (nSPS) is 10.9. The maximum absolute atomic E-state index is 13.1. The number of hydrogen-bond acceptors (Lipinski definition) is 3. The van der Waals surface area contributed by atoms with Gasteiger partial charge in [0.1, 0.15) is 5.82 Å². The molecule has 0 unspecified atom stereocenters. The van der Waals surface area contributed by atoms with Gasteiger partial charge in [-0.25, -0.2) is 17.5 Å². The van der Waals surface area contributed by atoms with E-state index in [0.717, 1.165) is 0 Å². The lowest BCUT2D eigenvalue weighted by Gasteiger charge is -2.04. The van der Waals surface area contributed by atoms with E-state index in [9.17, 15) is 12.8 Å². The van der Waals surface area contributed by atoms with Gasteiger partial charge in [0.15, 0.2) is 5.75 Å². The van der Waals surface area contributed by atoms with Crippen LogP contribution in [0.25, 0.3) is 0 Å². The third-order valence-electron chi connectivity index (χ3n) is 1.69. The van der Waals surface area contributed by atoms with E-state index >= 15 is 0 Å². The van der Waals surface area contributed by atoms with Crippen molar-refractivity contribution < 1.29 is 12.8 Å². The van der Waals surface area contributed by atoms with Crippen LogP contribution in [0, 0.1) is 17.1 Å². The summed E-state index contributed by atoms with van der Waals surface area (Å²) >= 11 is 0. The lowest BCUT2D eigenvalue weighted by molar-refractivity contribution is 0.577. The van der Waals surface area contributed by atoms with Gasteiger partial charge in [0.05, 0.1) is 6.07 Å². The van der Waals surface area contributed by atoms with E-state index < -0.39 is 21.6 Å². The van der Waals surface area contributed by atoms with Gasteiger partial charge in [-0.3, -0.25) is 0 Å². The van der Waals surface area contributed by atoms with Crippen LogP contribution in [0.2, 0.25) is 0 Å². The third-order valence-corrected chi connectivity index (χ3v) is 2.79. The Morgan fingerprint density at radius 3 is 2.67 bits per heavy atom. The van der Waals surface area contributed by atoms with Crippen molar-refractivity contribution in [2.45, 2.75) is 6.54 Å². The molecular formula is C9H9FN2O2S. The smallest absolute Gasteiger partial charge is 0.211 e. The lowest BCUT2D eigenvalue weighted by Crippen LogP contribution is -2.25. The maximum atomic E-state index is 13.1. The molecule has 0 heterocycles. The molecule has 1 aromatic carbocycles. The molecule has 0 aliphatic rings. The molecule has 1 N–H and O–H groups in total. The minimum Gasteiger partial charge on any atom is -0.211 e. The van der Waals surface area contributed by atoms with E-state index in [1.807, 2.05) is 0 Å². The fourth-order valence-corrected chi connectivity index (χ4v) is 1.61. The van der Waals surface area contributed by atoms with Gasteiger partial charge in [0.2, 0.25) is 10.0 Å². The number of rotatable bonds is 4. The highest BCUT2D eigenvalue weighted by Crippen LogP contribution is 2.05. The highest BCUT2D eigenvalue weighted by Gasteiger charge is 2.09. The fraction of sp³-hybridized carbons (Fsp3) is 0.222. The van der Waals surface area contributed by atoms with Crippen LogP contribution in [0.4, 0.5) is 4.39 Å². The van der Waals surface area contributed by atoms with Crippen molar-refractivity contribution in [1.29, 1.82) is 5.26 Å². The first-order chi connectivity index (χ1) is 7.05. The molecule has 0 fully saturated rings. The maximum Gasteiger partial charge on any atom is 0.225 e. The summed E-state index contributed by atoms with van der Waals surface area (Å²) in [6.07, 6.45) is 0. The number of hydrogen-bond donors (Lipinski definition) is 1. The van der Waals surface area contributed by atoms with E-state index in [0.29, 0.717) is 0 Å². The molecule has 1 rings (SSSR count). The topological polar surface area (TPSA) is 70.0 Å². The van der Waals surface area contributed by atoms with Gasteiger partial charge in [0.25, 0.3) is 0 Å². The summed E-state index contributed by atoms with van der Waals surface area (Å²) in [6, 6.07) is 7.36. The molecule has 0 amide bonds. The van der Waals surface area contributed by atoms with Crippen molar-refractivity contribution in [2.75, 3.05) is 5.75 Å².